The summed E-state index contributed by atoms with van der Waals surface area (Å²) < 4.78 is 5.43. The van der Waals surface area contributed by atoms with Crippen LogP contribution in [0.5, 0.6) is 0 Å². The number of amides is 1. The highest BCUT2D eigenvalue weighted by Crippen LogP contribution is 2.21. The van der Waals surface area contributed by atoms with Gasteiger partial charge in [-0.25, -0.2) is 0 Å². The highest BCUT2D eigenvalue weighted by molar-refractivity contribution is 5.79. The Balaban J connectivity index is 2.57. The SMILES string of the molecule is CCCC(CN)C(=O)N1CCC(C)C(OC)C1. The van der Waals surface area contributed by atoms with Crippen molar-refractivity contribution in [1.29, 1.82) is 0 Å². The number of nitrogens with zero attached hydrogens (tertiary/aromatic N) is 1. The zero-order valence-electron chi connectivity index (χ0n) is 11.3. The topological polar surface area (TPSA) is 55.6 Å². The molecule has 0 radical (unpaired) electrons. The van der Waals surface area contributed by atoms with Crippen molar-refractivity contribution in [2.45, 2.75) is 39.2 Å². The van der Waals surface area contributed by atoms with Gasteiger partial charge >= 0.3 is 0 Å². The van der Waals surface area contributed by atoms with E-state index in [9.17, 15) is 4.79 Å². The summed E-state index contributed by atoms with van der Waals surface area (Å²) in [6.45, 7) is 6.29. The third-order valence-corrected chi connectivity index (χ3v) is 3.77. The highest BCUT2D eigenvalue weighted by atomic mass is 16.5. The van der Waals surface area contributed by atoms with E-state index in [2.05, 4.69) is 13.8 Å². The molecule has 1 aliphatic rings. The number of hydrogen-bond donors (Lipinski definition) is 1. The van der Waals surface area contributed by atoms with Crippen LogP contribution in [0.15, 0.2) is 0 Å². The van der Waals surface area contributed by atoms with Gasteiger partial charge in [0, 0.05) is 26.7 Å². The van der Waals surface area contributed by atoms with Gasteiger partial charge in [0.25, 0.3) is 0 Å². The lowest BCUT2D eigenvalue weighted by Crippen LogP contribution is -2.49. The lowest BCUT2D eigenvalue weighted by atomic mass is 9.93. The third-order valence-electron chi connectivity index (χ3n) is 3.77. The van der Waals surface area contributed by atoms with Crippen molar-refractivity contribution < 1.29 is 9.53 Å². The summed E-state index contributed by atoms with van der Waals surface area (Å²) in [5.41, 5.74) is 5.68. The molecule has 3 unspecified atom stereocenters. The zero-order valence-corrected chi connectivity index (χ0v) is 11.3. The van der Waals surface area contributed by atoms with Crippen LogP contribution >= 0.6 is 0 Å². The molecule has 1 rings (SSSR count). The summed E-state index contributed by atoms with van der Waals surface area (Å²) in [4.78, 5) is 14.2. The number of methoxy groups -OCH3 is 1. The Morgan fingerprint density at radius 1 is 1.59 bits per heavy atom. The van der Waals surface area contributed by atoms with E-state index in [0.717, 1.165) is 32.4 Å². The molecule has 3 atom stereocenters. The van der Waals surface area contributed by atoms with E-state index in [4.69, 9.17) is 10.5 Å². The number of piperidine rings is 1. The first-order chi connectivity index (χ1) is 8.13. The maximum absolute atomic E-state index is 12.3. The standard InChI is InChI=1S/C13H26N2O2/c1-4-5-11(8-14)13(16)15-7-6-10(2)12(9-15)17-3/h10-12H,4-9,14H2,1-3H3. The number of carbonyl (C=O) groups is 1. The fraction of sp³-hybridized carbons (Fsp3) is 0.923. The molecule has 0 aliphatic carbocycles. The molecule has 0 spiro atoms. The molecule has 1 amide bonds. The molecule has 17 heavy (non-hydrogen) atoms. The Kier molecular flexibility index (Phi) is 5.92. The van der Waals surface area contributed by atoms with E-state index in [1.165, 1.54) is 0 Å². The minimum absolute atomic E-state index is 0.00841. The minimum atomic E-state index is -0.00841. The van der Waals surface area contributed by atoms with E-state index in [1.807, 2.05) is 4.90 Å². The maximum atomic E-state index is 12.3. The maximum Gasteiger partial charge on any atom is 0.227 e. The fourth-order valence-corrected chi connectivity index (χ4v) is 2.49. The Hall–Kier alpha value is -0.610. The fourth-order valence-electron chi connectivity index (χ4n) is 2.49. The lowest BCUT2D eigenvalue weighted by molar-refractivity contribution is -0.140. The van der Waals surface area contributed by atoms with Gasteiger partial charge in [-0.1, -0.05) is 20.3 Å². The van der Waals surface area contributed by atoms with Crippen LogP contribution in [0.1, 0.15) is 33.1 Å². The molecule has 100 valence electrons. The molecule has 0 aromatic rings. The summed E-state index contributed by atoms with van der Waals surface area (Å²) in [5, 5.41) is 0. The zero-order chi connectivity index (χ0) is 12.8. The summed E-state index contributed by atoms with van der Waals surface area (Å²) in [7, 11) is 1.72. The molecule has 2 N–H and O–H groups in total. The van der Waals surface area contributed by atoms with Crippen LogP contribution in [0, 0.1) is 11.8 Å². The molecular formula is C13H26N2O2. The first kappa shape index (κ1) is 14.5. The quantitative estimate of drug-likeness (QED) is 0.789. The van der Waals surface area contributed by atoms with Crippen LogP contribution in [-0.2, 0) is 9.53 Å². The third kappa shape index (κ3) is 3.68. The van der Waals surface area contributed by atoms with Crippen molar-refractivity contribution in [2.24, 2.45) is 17.6 Å². The first-order valence-electron chi connectivity index (χ1n) is 6.65. The Morgan fingerprint density at radius 3 is 2.82 bits per heavy atom. The smallest absolute Gasteiger partial charge is 0.227 e. The number of hydrogen-bond acceptors (Lipinski definition) is 3. The number of ether oxygens (including phenoxy) is 1. The van der Waals surface area contributed by atoms with Gasteiger partial charge in [0.2, 0.25) is 5.91 Å². The second-order valence-electron chi connectivity index (χ2n) is 5.05. The predicted molar refractivity (Wildman–Crippen MR) is 68.6 cm³/mol. The molecule has 4 heteroatoms. The van der Waals surface area contributed by atoms with E-state index in [0.29, 0.717) is 12.5 Å². The average Bonchev–Trinajstić information content (AvgIpc) is 2.35. The van der Waals surface area contributed by atoms with E-state index in [1.54, 1.807) is 7.11 Å². The number of carbonyl (C=O) groups excluding carboxylic acids is 1. The van der Waals surface area contributed by atoms with Crippen LogP contribution in [0.25, 0.3) is 0 Å². The molecule has 4 nitrogen and oxygen atoms in total. The summed E-state index contributed by atoms with van der Waals surface area (Å²) in [6, 6.07) is 0. The van der Waals surface area contributed by atoms with Gasteiger partial charge in [0.05, 0.1) is 12.0 Å². The largest absolute Gasteiger partial charge is 0.379 e. The first-order valence-corrected chi connectivity index (χ1v) is 6.65. The molecule has 1 fully saturated rings. The Labute approximate surface area is 104 Å². The summed E-state index contributed by atoms with van der Waals surface area (Å²) in [6.07, 6.45) is 3.09. The highest BCUT2D eigenvalue weighted by Gasteiger charge is 2.31. The van der Waals surface area contributed by atoms with Gasteiger partial charge in [0.15, 0.2) is 0 Å². The second-order valence-corrected chi connectivity index (χ2v) is 5.05. The Bertz CT molecular complexity index is 246. The van der Waals surface area contributed by atoms with Crippen molar-refractivity contribution in [2.75, 3.05) is 26.7 Å². The van der Waals surface area contributed by atoms with Crippen LogP contribution in [-0.4, -0.2) is 43.7 Å². The average molecular weight is 242 g/mol. The van der Waals surface area contributed by atoms with Gasteiger partial charge in [0.1, 0.15) is 0 Å². The van der Waals surface area contributed by atoms with Crippen LogP contribution in [0.3, 0.4) is 0 Å². The molecule has 0 bridgehead atoms. The molecule has 0 saturated carbocycles. The van der Waals surface area contributed by atoms with Crippen molar-refractivity contribution in [3.63, 3.8) is 0 Å². The monoisotopic (exact) mass is 242 g/mol. The molecule has 0 aromatic carbocycles. The normalized spacial score (nSPS) is 26.9. The number of rotatable bonds is 5. The predicted octanol–water partition coefficient (Wildman–Crippen LogP) is 1.24. The van der Waals surface area contributed by atoms with E-state index >= 15 is 0 Å². The molecule has 1 aliphatic heterocycles. The Morgan fingerprint density at radius 2 is 2.29 bits per heavy atom. The minimum Gasteiger partial charge on any atom is -0.379 e. The van der Waals surface area contributed by atoms with Gasteiger partial charge in [-0.15, -0.1) is 0 Å². The molecule has 0 aromatic heterocycles. The molecule has 1 heterocycles. The van der Waals surface area contributed by atoms with Crippen molar-refractivity contribution in [1.82, 2.24) is 4.90 Å². The van der Waals surface area contributed by atoms with Gasteiger partial charge in [-0.3, -0.25) is 4.79 Å². The summed E-state index contributed by atoms with van der Waals surface area (Å²) in [5.74, 6) is 0.737. The van der Waals surface area contributed by atoms with Crippen LogP contribution in [0.4, 0.5) is 0 Å². The summed E-state index contributed by atoms with van der Waals surface area (Å²) >= 11 is 0. The van der Waals surface area contributed by atoms with Crippen LogP contribution < -0.4 is 5.73 Å². The molecule has 1 saturated heterocycles. The van der Waals surface area contributed by atoms with E-state index in [-0.39, 0.29) is 17.9 Å². The van der Waals surface area contributed by atoms with Crippen molar-refractivity contribution in [3.8, 4) is 0 Å². The number of nitrogens with two attached hydrogens (primary N) is 1. The van der Waals surface area contributed by atoms with Gasteiger partial charge in [-0.05, 0) is 18.8 Å². The van der Waals surface area contributed by atoms with Crippen molar-refractivity contribution in [3.05, 3.63) is 0 Å². The molecular weight excluding hydrogens is 216 g/mol. The lowest BCUT2D eigenvalue weighted by Gasteiger charge is -2.37. The number of likely N-dealkylation sites (tertiary alicyclic amines) is 1. The van der Waals surface area contributed by atoms with Crippen LogP contribution in [0.2, 0.25) is 0 Å². The van der Waals surface area contributed by atoms with E-state index < -0.39 is 0 Å². The van der Waals surface area contributed by atoms with Gasteiger partial charge in [-0.2, -0.15) is 0 Å². The van der Waals surface area contributed by atoms with Crippen molar-refractivity contribution >= 4 is 5.91 Å². The second kappa shape index (κ2) is 6.97. The van der Waals surface area contributed by atoms with Gasteiger partial charge < -0.3 is 15.4 Å².